The second-order valence-corrected chi connectivity index (χ2v) is 8.43. The highest BCUT2D eigenvalue weighted by Gasteiger charge is 2.40. The lowest BCUT2D eigenvalue weighted by molar-refractivity contribution is -0.120. The molecule has 0 unspecified atom stereocenters. The standard InChI is InChI=1S/C25H20Cl2N2O2/c1-14-11-15(2)13-19(12-14)29-24(30)22(17-7-9-18(26)10-8-17)23(25(29)31)28-21-6-4-5-20(27)16(21)3/h4-13,28H,1-3H3. The number of imide groups is 1. The van der Waals surface area contributed by atoms with Crippen LogP contribution in [0, 0.1) is 20.8 Å². The van der Waals surface area contributed by atoms with E-state index in [1.807, 2.05) is 45.0 Å². The molecule has 0 radical (unpaired) electrons. The van der Waals surface area contributed by atoms with E-state index in [1.54, 1.807) is 36.4 Å². The molecule has 2 amide bonds. The highest BCUT2D eigenvalue weighted by atomic mass is 35.5. The summed E-state index contributed by atoms with van der Waals surface area (Å²) in [6.45, 7) is 5.73. The summed E-state index contributed by atoms with van der Waals surface area (Å²) in [7, 11) is 0. The van der Waals surface area contributed by atoms with Gasteiger partial charge in [0.2, 0.25) is 0 Å². The van der Waals surface area contributed by atoms with Crippen molar-refractivity contribution in [1.82, 2.24) is 0 Å². The van der Waals surface area contributed by atoms with Gasteiger partial charge in [-0.3, -0.25) is 9.59 Å². The first-order valence-corrected chi connectivity index (χ1v) is 10.5. The molecule has 3 aromatic carbocycles. The van der Waals surface area contributed by atoms with Crippen molar-refractivity contribution in [2.75, 3.05) is 10.2 Å². The second kappa shape index (κ2) is 8.22. The van der Waals surface area contributed by atoms with E-state index in [1.165, 1.54) is 4.90 Å². The van der Waals surface area contributed by atoms with Crippen LogP contribution in [0.4, 0.5) is 11.4 Å². The van der Waals surface area contributed by atoms with Crippen LogP contribution in [-0.4, -0.2) is 11.8 Å². The van der Waals surface area contributed by atoms with E-state index < -0.39 is 5.91 Å². The number of amides is 2. The zero-order valence-electron chi connectivity index (χ0n) is 17.3. The van der Waals surface area contributed by atoms with Crippen molar-refractivity contribution in [1.29, 1.82) is 0 Å². The fourth-order valence-corrected chi connectivity index (χ4v) is 4.02. The number of carbonyl (C=O) groups is 2. The van der Waals surface area contributed by atoms with Crippen LogP contribution < -0.4 is 10.2 Å². The Morgan fingerprint density at radius 1 is 0.806 bits per heavy atom. The Morgan fingerprint density at radius 2 is 1.45 bits per heavy atom. The second-order valence-electron chi connectivity index (χ2n) is 7.59. The predicted octanol–water partition coefficient (Wildman–Crippen LogP) is 6.32. The van der Waals surface area contributed by atoms with Gasteiger partial charge in [-0.15, -0.1) is 0 Å². The SMILES string of the molecule is Cc1cc(C)cc(N2C(=O)C(Nc3cccc(Cl)c3C)=C(c3ccc(Cl)cc3)C2=O)c1. The molecule has 1 aliphatic heterocycles. The summed E-state index contributed by atoms with van der Waals surface area (Å²) in [6.07, 6.45) is 0. The molecule has 6 heteroatoms. The summed E-state index contributed by atoms with van der Waals surface area (Å²) >= 11 is 12.3. The van der Waals surface area contributed by atoms with Crippen LogP contribution >= 0.6 is 23.2 Å². The molecule has 0 saturated carbocycles. The van der Waals surface area contributed by atoms with E-state index in [0.29, 0.717) is 32.6 Å². The third kappa shape index (κ3) is 3.97. The van der Waals surface area contributed by atoms with Crippen LogP contribution in [0.3, 0.4) is 0 Å². The van der Waals surface area contributed by atoms with Gasteiger partial charge in [-0.2, -0.15) is 0 Å². The third-order valence-corrected chi connectivity index (χ3v) is 5.87. The smallest absolute Gasteiger partial charge is 0.282 e. The van der Waals surface area contributed by atoms with Crippen LogP contribution in [0.1, 0.15) is 22.3 Å². The monoisotopic (exact) mass is 450 g/mol. The maximum absolute atomic E-state index is 13.5. The van der Waals surface area contributed by atoms with E-state index in [0.717, 1.165) is 16.7 Å². The fourth-order valence-electron chi connectivity index (χ4n) is 3.72. The average molecular weight is 451 g/mol. The lowest BCUT2D eigenvalue weighted by Crippen LogP contribution is -2.32. The molecular weight excluding hydrogens is 431 g/mol. The Kier molecular flexibility index (Phi) is 5.61. The highest BCUT2D eigenvalue weighted by molar-refractivity contribution is 6.46. The van der Waals surface area contributed by atoms with Crippen LogP contribution in [0.15, 0.2) is 66.4 Å². The van der Waals surface area contributed by atoms with Crippen molar-refractivity contribution < 1.29 is 9.59 Å². The van der Waals surface area contributed by atoms with Crippen LogP contribution in [-0.2, 0) is 9.59 Å². The molecule has 0 atom stereocenters. The Bertz CT molecular complexity index is 1230. The van der Waals surface area contributed by atoms with Crippen LogP contribution in [0.5, 0.6) is 0 Å². The van der Waals surface area contributed by atoms with Gasteiger partial charge in [-0.1, -0.05) is 47.5 Å². The number of hydrogen-bond donors (Lipinski definition) is 1. The average Bonchev–Trinajstić information content (AvgIpc) is 2.95. The molecule has 1 aliphatic rings. The molecule has 4 rings (SSSR count). The highest BCUT2D eigenvalue weighted by Crippen LogP contribution is 2.36. The van der Waals surface area contributed by atoms with E-state index in [9.17, 15) is 9.59 Å². The number of carbonyl (C=O) groups excluding carboxylic acids is 2. The van der Waals surface area contributed by atoms with Gasteiger partial charge in [0.05, 0.1) is 11.3 Å². The maximum atomic E-state index is 13.5. The zero-order valence-corrected chi connectivity index (χ0v) is 18.8. The van der Waals surface area contributed by atoms with Crippen LogP contribution in [0.2, 0.25) is 10.0 Å². The Labute approximate surface area is 191 Å². The van der Waals surface area contributed by atoms with E-state index in [2.05, 4.69) is 5.32 Å². The molecule has 0 aromatic heterocycles. The number of anilines is 2. The minimum absolute atomic E-state index is 0.205. The number of nitrogens with zero attached hydrogens (tertiary/aromatic N) is 1. The Balaban J connectivity index is 1.86. The quantitative estimate of drug-likeness (QED) is 0.473. The van der Waals surface area contributed by atoms with Crippen molar-refractivity contribution in [2.45, 2.75) is 20.8 Å². The van der Waals surface area contributed by atoms with E-state index >= 15 is 0 Å². The molecule has 0 fully saturated rings. The van der Waals surface area contributed by atoms with Gasteiger partial charge in [-0.05, 0) is 79.4 Å². The lowest BCUT2D eigenvalue weighted by Gasteiger charge is -2.17. The Morgan fingerprint density at radius 3 is 2.10 bits per heavy atom. The first kappa shape index (κ1) is 21.2. The molecule has 0 aliphatic carbocycles. The summed E-state index contributed by atoms with van der Waals surface area (Å²) in [5, 5.41) is 4.29. The van der Waals surface area contributed by atoms with Gasteiger partial charge < -0.3 is 5.32 Å². The number of hydrogen-bond acceptors (Lipinski definition) is 3. The maximum Gasteiger partial charge on any atom is 0.282 e. The van der Waals surface area contributed by atoms with Gasteiger partial charge >= 0.3 is 0 Å². The van der Waals surface area contributed by atoms with Gasteiger partial charge in [-0.25, -0.2) is 4.90 Å². The van der Waals surface area contributed by atoms with Gasteiger partial charge in [0.25, 0.3) is 11.8 Å². The van der Waals surface area contributed by atoms with Crippen LogP contribution in [0.25, 0.3) is 5.57 Å². The molecule has 0 spiro atoms. The van der Waals surface area contributed by atoms with E-state index in [-0.39, 0.29) is 11.6 Å². The zero-order chi connectivity index (χ0) is 22.3. The number of aryl methyl sites for hydroxylation is 2. The first-order valence-electron chi connectivity index (χ1n) is 9.75. The molecule has 31 heavy (non-hydrogen) atoms. The van der Waals surface area contributed by atoms with Crippen molar-refractivity contribution in [3.8, 4) is 0 Å². The predicted molar refractivity (Wildman–Crippen MR) is 127 cm³/mol. The molecule has 1 heterocycles. The number of nitrogens with one attached hydrogen (secondary N) is 1. The van der Waals surface area contributed by atoms with Crippen molar-refractivity contribution >= 4 is 52.0 Å². The fraction of sp³-hybridized carbons (Fsp3) is 0.120. The summed E-state index contributed by atoms with van der Waals surface area (Å²) in [5.41, 5.74) is 5.04. The molecule has 0 saturated heterocycles. The molecular formula is C25H20Cl2N2O2. The van der Waals surface area contributed by atoms with Crippen molar-refractivity contribution in [3.05, 3.63) is 98.7 Å². The minimum atomic E-state index is -0.417. The third-order valence-electron chi connectivity index (χ3n) is 5.21. The molecule has 4 nitrogen and oxygen atoms in total. The van der Waals surface area contributed by atoms with Crippen molar-refractivity contribution in [2.24, 2.45) is 0 Å². The molecule has 3 aromatic rings. The van der Waals surface area contributed by atoms with Gasteiger partial charge in [0, 0.05) is 15.7 Å². The number of benzene rings is 3. The van der Waals surface area contributed by atoms with E-state index in [4.69, 9.17) is 23.2 Å². The largest absolute Gasteiger partial charge is 0.350 e. The molecule has 1 N–H and O–H groups in total. The minimum Gasteiger partial charge on any atom is -0.350 e. The summed E-state index contributed by atoms with van der Waals surface area (Å²) in [6, 6.07) is 17.9. The first-order chi connectivity index (χ1) is 14.8. The number of rotatable bonds is 4. The van der Waals surface area contributed by atoms with Gasteiger partial charge in [0.15, 0.2) is 0 Å². The van der Waals surface area contributed by atoms with Crippen molar-refractivity contribution in [3.63, 3.8) is 0 Å². The molecule has 0 bridgehead atoms. The normalized spacial score (nSPS) is 13.9. The lowest BCUT2D eigenvalue weighted by atomic mass is 10.0. The molecule has 156 valence electrons. The Hall–Kier alpha value is -3.08. The summed E-state index contributed by atoms with van der Waals surface area (Å²) < 4.78 is 0. The number of halogens is 2. The topological polar surface area (TPSA) is 49.4 Å². The van der Waals surface area contributed by atoms with Gasteiger partial charge in [0.1, 0.15) is 5.70 Å². The summed E-state index contributed by atoms with van der Waals surface area (Å²) in [5.74, 6) is -0.807. The summed E-state index contributed by atoms with van der Waals surface area (Å²) in [4.78, 5) is 28.3.